The minimum atomic E-state index is 0.451. The Morgan fingerprint density at radius 2 is 2.20 bits per heavy atom. The van der Waals surface area contributed by atoms with E-state index in [9.17, 15) is 0 Å². The summed E-state index contributed by atoms with van der Waals surface area (Å²) in [5.74, 6) is 1.21. The van der Waals surface area contributed by atoms with E-state index in [-0.39, 0.29) is 0 Å². The van der Waals surface area contributed by atoms with Crippen molar-refractivity contribution in [3.05, 3.63) is 24.3 Å². The minimum Gasteiger partial charge on any atom is -0.347 e. The number of aryl methyl sites for hydroxylation is 1. The summed E-state index contributed by atoms with van der Waals surface area (Å²) in [5.41, 5.74) is 3.30. The van der Waals surface area contributed by atoms with Gasteiger partial charge in [0.2, 0.25) is 5.95 Å². The van der Waals surface area contributed by atoms with E-state index in [4.69, 9.17) is 4.98 Å². The molecule has 6 nitrogen and oxygen atoms in total. The molecule has 1 N–H and O–H groups in total. The molecule has 1 unspecified atom stereocenters. The third kappa shape index (κ3) is 2.38. The summed E-state index contributed by atoms with van der Waals surface area (Å²) >= 11 is 0. The molecule has 1 atom stereocenters. The van der Waals surface area contributed by atoms with Crippen molar-refractivity contribution >= 4 is 5.95 Å². The van der Waals surface area contributed by atoms with Gasteiger partial charge in [-0.2, -0.15) is 5.10 Å². The highest BCUT2D eigenvalue weighted by atomic mass is 15.2. The van der Waals surface area contributed by atoms with Crippen LogP contribution in [0.15, 0.2) is 18.6 Å². The number of anilines is 1. The van der Waals surface area contributed by atoms with Crippen LogP contribution >= 0.6 is 0 Å². The second-order valence-electron chi connectivity index (χ2n) is 5.46. The lowest BCUT2D eigenvalue weighted by molar-refractivity contribution is 0.730. The molecule has 0 bridgehead atoms. The van der Waals surface area contributed by atoms with Crippen molar-refractivity contribution in [3.63, 3.8) is 0 Å². The average molecular weight is 272 g/mol. The van der Waals surface area contributed by atoms with Crippen molar-refractivity contribution < 1.29 is 0 Å². The fraction of sp³-hybridized carbons (Fsp3) is 0.500. The molecule has 0 radical (unpaired) electrons. The van der Waals surface area contributed by atoms with Gasteiger partial charge in [-0.05, 0) is 13.0 Å². The van der Waals surface area contributed by atoms with E-state index in [1.54, 1.807) is 0 Å². The van der Waals surface area contributed by atoms with Crippen LogP contribution in [0.1, 0.15) is 18.0 Å². The van der Waals surface area contributed by atoms with Crippen LogP contribution in [0.4, 0.5) is 5.95 Å². The number of rotatable bonds is 3. The van der Waals surface area contributed by atoms with Crippen LogP contribution < -0.4 is 10.2 Å². The molecule has 0 amide bonds. The van der Waals surface area contributed by atoms with Crippen LogP contribution in [0, 0.1) is 0 Å². The third-order valence-electron chi connectivity index (χ3n) is 3.67. The first-order valence-corrected chi connectivity index (χ1v) is 6.89. The second kappa shape index (κ2) is 5.20. The first kappa shape index (κ1) is 13.1. The summed E-state index contributed by atoms with van der Waals surface area (Å²) < 4.78 is 1.81. The van der Waals surface area contributed by atoms with Gasteiger partial charge in [-0.1, -0.05) is 0 Å². The maximum atomic E-state index is 4.78. The zero-order valence-corrected chi connectivity index (χ0v) is 12.2. The maximum Gasteiger partial charge on any atom is 0.225 e. The van der Waals surface area contributed by atoms with Crippen LogP contribution in [0.2, 0.25) is 0 Å². The van der Waals surface area contributed by atoms with Gasteiger partial charge < -0.3 is 10.2 Å². The van der Waals surface area contributed by atoms with Crippen molar-refractivity contribution in [1.29, 1.82) is 0 Å². The maximum absolute atomic E-state index is 4.78. The van der Waals surface area contributed by atoms with Crippen molar-refractivity contribution in [2.75, 3.05) is 32.1 Å². The second-order valence-corrected chi connectivity index (χ2v) is 5.46. The Morgan fingerprint density at radius 1 is 1.35 bits per heavy atom. The van der Waals surface area contributed by atoms with Crippen molar-refractivity contribution in [2.24, 2.45) is 7.05 Å². The smallest absolute Gasteiger partial charge is 0.225 e. The number of hydrogen-bond donors (Lipinski definition) is 1. The number of aromatic nitrogens is 4. The molecular weight excluding hydrogens is 252 g/mol. The molecule has 0 saturated carbocycles. The van der Waals surface area contributed by atoms with Gasteiger partial charge in [0.05, 0.1) is 11.9 Å². The van der Waals surface area contributed by atoms with Crippen LogP contribution in [0.5, 0.6) is 0 Å². The molecule has 3 rings (SSSR count). The summed E-state index contributed by atoms with van der Waals surface area (Å²) in [6.07, 6.45) is 6.93. The molecule has 20 heavy (non-hydrogen) atoms. The zero-order chi connectivity index (χ0) is 14.1. The monoisotopic (exact) mass is 272 g/mol. The van der Waals surface area contributed by atoms with Crippen molar-refractivity contribution in [3.8, 4) is 11.1 Å². The highest BCUT2D eigenvalue weighted by Crippen LogP contribution is 2.31. The molecule has 0 aliphatic carbocycles. The highest BCUT2D eigenvalue weighted by molar-refractivity contribution is 5.65. The highest BCUT2D eigenvalue weighted by Gasteiger charge is 2.23. The summed E-state index contributed by atoms with van der Waals surface area (Å²) in [6, 6.07) is 0. The van der Waals surface area contributed by atoms with Crippen LogP contribution in [-0.2, 0) is 7.05 Å². The summed E-state index contributed by atoms with van der Waals surface area (Å²) in [5, 5.41) is 7.66. The van der Waals surface area contributed by atoms with E-state index in [1.165, 1.54) is 0 Å². The van der Waals surface area contributed by atoms with Gasteiger partial charge in [0.1, 0.15) is 0 Å². The van der Waals surface area contributed by atoms with E-state index in [1.807, 2.05) is 49.3 Å². The Balaban J connectivity index is 2.07. The number of nitrogens with zero attached hydrogens (tertiary/aromatic N) is 5. The van der Waals surface area contributed by atoms with Gasteiger partial charge in [0.25, 0.3) is 0 Å². The molecule has 1 fully saturated rings. The third-order valence-corrected chi connectivity index (χ3v) is 3.67. The van der Waals surface area contributed by atoms with Crippen LogP contribution in [0.25, 0.3) is 11.1 Å². The summed E-state index contributed by atoms with van der Waals surface area (Å²) in [7, 11) is 5.86. The standard InChI is InChI=1S/C14H20N6/c1-19(2)14-16-8-12(11-7-17-20(3)9-11)13(18-14)10-4-5-15-6-10/h7-10,15H,4-6H2,1-3H3. The fourth-order valence-electron chi connectivity index (χ4n) is 2.58. The Kier molecular flexibility index (Phi) is 3.40. The lowest BCUT2D eigenvalue weighted by Gasteiger charge is -2.17. The average Bonchev–Trinajstić information content (AvgIpc) is 3.09. The SMILES string of the molecule is CN(C)c1ncc(-c2cnn(C)c2)c(C2CCNC2)n1. The molecule has 6 heteroatoms. The van der Waals surface area contributed by atoms with E-state index < -0.39 is 0 Å². The number of nitrogens with one attached hydrogen (secondary N) is 1. The molecule has 1 saturated heterocycles. The molecule has 2 aromatic rings. The van der Waals surface area contributed by atoms with E-state index in [0.717, 1.165) is 42.3 Å². The predicted octanol–water partition coefficient (Wildman–Crippen LogP) is 1.02. The van der Waals surface area contributed by atoms with Gasteiger partial charge in [0.15, 0.2) is 0 Å². The van der Waals surface area contributed by atoms with Crippen molar-refractivity contribution in [1.82, 2.24) is 25.1 Å². The lowest BCUT2D eigenvalue weighted by atomic mass is 9.97. The largest absolute Gasteiger partial charge is 0.347 e. The van der Waals surface area contributed by atoms with Crippen LogP contribution in [0.3, 0.4) is 0 Å². The Hall–Kier alpha value is -1.95. The van der Waals surface area contributed by atoms with Gasteiger partial charge in [0, 0.05) is 57.1 Å². The normalized spacial score (nSPS) is 18.4. The number of hydrogen-bond acceptors (Lipinski definition) is 5. The Morgan fingerprint density at radius 3 is 2.80 bits per heavy atom. The molecule has 2 aromatic heterocycles. The predicted molar refractivity (Wildman–Crippen MR) is 78.8 cm³/mol. The molecular formula is C14H20N6. The summed E-state index contributed by atoms with van der Waals surface area (Å²) in [4.78, 5) is 11.2. The van der Waals surface area contributed by atoms with Gasteiger partial charge in [-0.15, -0.1) is 0 Å². The first-order chi connectivity index (χ1) is 9.65. The topological polar surface area (TPSA) is 58.9 Å². The van der Waals surface area contributed by atoms with Crippen molar-refractivity contribution in [2.45, 2.75) is 12.3 Å². The molecule has 1 aliphatic heterocycles. The summed E-state index contributed by atoms with van der Waals surface area (Å²) in [6.45, 7) is 2.04. The first-order valence-electron chi connectivity index (χ1n) is 6.89. The van der Waals surface area contributed by atoms with Gasteiger partial charge in [-0.25, -0.2) is 9.97 Å². The fourth-order valence-corrected chi connectivity index (χ4v) is 2.58. The molecule has 106 valence electrons. The van der Waals surface area contributed by atoms with Gasteiger partial charge >= 0.3 is 0 Å². The molecule has 3 heterocycles. The minimum absolute atomic E-state index is 0.451. The van der Waals surface area contributed by atoms with Crippen LogP contribution in [-0.4, -0.2) is 46.9 Å². The van der Waals surface area contributed by atoms with E-state index in [2.05, 4.69) is 15.4 Å². The molecule has 1 aliphatic rings. The van der Waals surface area contributed by atoms with E-state index in [0.29, 0.717) is 5.92 Å². The Bertz CT molecular complexity index is 597. The quantitative estimate of drug-likeness (QED) is 0.904. The molecule has 0 spiro atoms. The van der Waals surface area contributed by atoms with Gasteiger partial charge in [-0.3, -0.25) is 4.68 Å². The molecule has 0 aromatic carbocycles. The zero-order valence-electron chi connectivity index (χ0n) is 12.2. The Labute approximate surface area is 118 Å². The lowest BCUT2D eigenvalue weighted by Crippen LogP contribution is -2.16. The van der Waals surface area contributed by atoms with E-state index >= 15 is 0 Å².